The predicted octanol–water partition coefficient (Wildman–Crippen LogP) is 4.74. The number of hydrogen-bond donors (Lipinski definition) is 1. The summed E-state index contributed by atoms with van der Waals surface area (Å²) in [6, 6.07) is 5.58. The summed E-state index contributed by atoms with van der Waals surface area (Å²) >= 11 is 6.02. The Morgan fingerprint density at radius 3 is 2.90 bits per heavy atom. The Hall–Kier alpha value is -0.730. The molecule has 2 nitrogen and oxygen atoms in total. The van der Waals surface area contributed by atoms with E-state index < -0.39 is 6.10 Å². The van der Waals surface area contributed by atoms with Gasteiger partial charge in [0.1, 0.15) is 11.4 Å². The second-order valence-corrected chi connectivity index (χ2v) is 7.22. The monoisotopic (exact) mass is 294 g/mol. The molecule has 0 aromatic heterocycles. The fourth-order valence-corrected chi connectivity index (χ4v) is 4.01. The van der Waals surface area contributed by atoms with Gasteiger partial charge >= 0.3 is 0 Å². The highest BCUT2D eigenvalue weighted by atomic mass is 35.5. The number of aliphatic hydroxyl groups is 1. The van der Waals surface area contributed by atoms with Gasteiger partial charge in [0, 0.05) is 17.0 Å². The summed E-state index contributed by atoms with van der Waals surface area (Å²) in [5.74, 6) is 2.20. The van der Waals surface area contributed by atoms with Crippen LogP contribution in [0.5, 0.6) is 5.75 Å². The average Bonchev–Trinajstić information content (AvgIpc) is 2.40. The summed E-state index contributed by atoms with van der Waals surface area (Å²) < 4.78 is 6.35. The van der Waals surface area contributed by atoms with Crippen LogP contribution in [0.1, 0.15) is 57.6 Å². The normalized spacial score (nSPS) is 33.0. The minimum Gasteiger partial charge on any atom is -0.487 e. The number of fused-ring (bicyclic) bond motifs is 1. The number of ether oxygens (including phenoxy) is 1. The van der Waals surface area contributed by atoms with Gasteiger partial charge in [0.2, 0.25) is 0 Å². The molecule has 1 aliphatic heterocycles. The lowest BCUT2D eigenvalue weighted by molar-refractivity contribution is -0.0572. The van der Waals surface area contributed by atoms with E-state index in [1.54, 1.807) is 0 Å². The SMILES string of the molecule is CC(C)C1CCCC2(C1)C[C@@H](O)c1cc(Cl)ccc1O2. The molecule has 2 aliphatic rings. The standard InChI is InChI=1S/C17H23ClO2/c1-11(2)12-4-3-7-17(9-12)10-15(19)14-8-13(18)5-6-16(14)20-17/h5-6,8,11-12,15,19H,3-4,7,9-10H2,1-2H3/t12?,15-,17?/m1/s1. The van der Waals surface area contributed by atoms with Gasteiger partial charge in [-0.05, 0) is 55.7 Å². The van der Waals surface area contributed by atoms with Crippen molar-refractivity contribution in [3.63, 3.8) is 0 Å². The second-order valence-electron chi connectivity index (χ2n) is 6.79. The van der Waals surface area contributed by atoms with Gasteiger partial charge in [-0.2, -0.15) is 0 Å². The number of hydrogen-bond acceptors (Lipinski definition) is 2. The first-order valence-corrected chi connectivity index (χ1v) is 8.03. The van der Waals surface area contributed by atoms with Crippen molar-refractivity contribution in [1.82, 2.24) is 0 Å². The molecule has 1 aromatic carbocycles. The third kappa shape index (κ3) is 2.56. The van der Waals surface area contributed by atoms with Crippen LogP contribution in [0.25, 0.3) is 0 Å². The van der Waals surface area contributed by atoms with Crippen molar-refractivity contribution in [3.8, 4) is 5.75 Å². The van der Waals surface area contributed by atoms with Crippen LogP contribution in [-0.4, -0.2) is 10.7 Å². The van der Waals surface area contributed by atoms with Crippen LogP contribution in [0.2, 0.25) is 5.02 Å². The van der Waals surface area contributed by atoms with E-state index in [2.05, 4.69) is 13.8 Å². The first-order chi connectivity index (χ1) is 9.49. The van der Waals surface area contributed by atoms with Crippen LogP contribution < -0.4 is 4.74 Å². The Morgan fingerprint density at radius 2 is 2.15 bits per heavy atom. The summed E-state index contributed by atoms with van der Waals surface area (Å²) in [7, 11) is 0. The number of halogens is 1. The van der Waals surface area contributed by atoms with Gasteiger partial charge < -0.3 is 9.84 Å². The zero-order valence-corrected chi connectivity index (χ0v) is 13.0. The highest BCUT2D eigenvalue weighted by Crippen LogP contribution is 2.49. The molecule has 1 fully saturated rings. The maximum absolute atomic E-state index is 10.5. The molecule has 3 atom stereocenters. The molecular weight excluding hydrogens is 272 g/mol. The summed E-state index contributed by atoms with van der Waals surface area (Å²) in [5.41, 5.74) is 0.669. The molecule has 1 heterocycles. The van der Waals surface area contributed by atoms with Crippen LogP contribution in [0.4, 0.5) is 0 Å². The summed E-state index contributed by atoms with van der Waals surface area (Å²) in [4.78, 5) is 0. The van der Waals surface area contributed by atoms with Crippen LogP contribution in [-0.2, 0) is 0 Å². The molecule has 0 saturated heterocycles. The first kappa shape index (κ1) is 14.2. The zero-order valence-electron chi connectivity index (χ0n) is 12.2. The molecule has 3 rings (SSSR count). The minimum absolute atomic E-state index is 0.173. The summed E-state index contributed by atoms with van der Waals surface area (Å²) in [5, 5.41) is 11.1. The quantitative estimate of drug-likeness (QED) is 0.810. The molecule has 1 aromatic rings. The Balaban J connectivity index is 1.88. The lowest BCUT2D eigenvalue weighted by Gasteiger charge is -2.46. The molecule has 0 amide bonds. The second kappa shape index (κ2) is 5.23. The molecule has 1 saturated carbocycles. The molecule has 0 bridgehead atoms. The van der Waals surface area contributed by atoms with E-state index in [4.69, 9.17) is 16.3 Å². The Bertz CT molecular complexity index is 500. The molecule has 1 N–H and O–H groups in total. The van der Waals surface area contributed by atoms with E-state index in [0.29, 0.717) is 23.3 Å². The highest BCUT2D eigenvalue weighted by molar-refractivity contribution is 6.30. The Kier molecular flexibility index (Phi) is 3.72. The maximum atomic E-state index is 10.5. The van der Waals surface area contributed by atoms with Crippen LogP contribution in [0.15, 0.2) is 18.2 Å². The maximum Gasteiger partial charge on any atom is 0.126 e. The van der Waals surface area contributed by atoms with Crippen molar-refractivity contribution in [2.24, 2.45) is 11.8 Å². The van der Waals surface area contributed by atoms with E-state index in [1.807, 2.05) is 18.2 Å². The Morgan fingerprint density at radius 1 is 1.35 bits per heavy atom. The van der Waals surface area contributed by atoms with Crippen molar-refractivity contribution in [1.29, 1.82) is 0 Å². The van der Waals surface area contributed by atoms with E-state index in [1.165, 1.54) is 12.8 Å². The van der Waals surface area contributed by atoms with Gasteiger partial charge in [-0.25, -0.2) is 0 Å². The van der Waals surface area contributed by atoms with Crippen LogP contribution in [0, 0.1) is 11.8 Å². The van der Waals surface area contributed by atoms with Crippen molar-refractivity contribution in [2.75, 3.05) is 0 Å². The highest BCUT2D eigenvalue weighted by Gasteiger charge is 2.44. The molecule has 3 heteroatoms. The molecule has 1 aliphatic carbocycles. The van der Waals surface area contributed by atoms with Gasteiger partial charge in [-0.3, -0.25) is 0 Å². The van der Waals surface area contributed by atoms with E-state index in [-0.39, 0.29) is 5.60 Å². The van der Waals surface area contributed by atoms with Gasteiger partial charge in [-0.15, -0.1) is 0 Å². The van der Waals surface area contributed by atoms with Crippen LogP contribution in [0.3, 0.4) is 0 Å². The van der Waals surface area contributed by atoms with Gasteiger partial charge in [0.25, 0.3) is 0 Å². The average molecular weight is 295 g/mol. The molecule has 2 unspecified atom stereocenters. The number of benzene rings is 1. The predicted molar refractivity (Wildman–Crippen MR) is 81.2 cm³/mol. The molecular formula is C17H23ClO2. The molecule has 1 spiro atoms. The lowest BCUT2D eigenvalue weighted by atomic mass is 9.70. The first-order valence-electron chi connectivity index (χ1n) is 7.66. The minimum atomic E-state index is -0.455. The number of aliphatic hydroxyl groups excluding tert-OH is 1. The Labute approximate surface area is 126 Å². The fourth-order valence-electron chi connectivity index (χ4n) is 3.83. The van der Waals surface area contributed by atoms with Crippen LogP contribution >= 0.6 is 11.6 Å². The molecule has 110 valence electrons. The third-order valence-corrected chi connectivity index (χ3v) is 5.24. The van der Waals surface area contributed by atoms with E-state index in [9.17, 15) is 5.11 Å². The van der Waals surface area contributed by atoms with Crippen molar-refractivity contribution >= 4 is 11.6 Å². The number of rotatable bonds is 1. The third-order valence-electron chi connectivity index (χ3n) is 5.01. The van der Waals surface area contributed by atoms with Gasteiger partial charge in [-0.1, -0.05) is 25.4 Å². The fraction of sp³-hybridized carbons (Fsp3) is 0.647. The van der Waals surface area contributed by atoms with Gasteiger partial charge in [0.05, 0.1) is 6.10 Å². The smallest absolute Gasteiger partial charge is 0.126 e. The van der Waals surface area contributed by atoms with Crippen molar-refractivity contribution in [2.45, 2.75) is 57.7 Å². The van der Waals surface area contributed by atoms with Crippen molar-refractivity contribution < 1.29 is 9.84 Å². The molecule has 20 heavy (non-hydrogen) atoms. The van der Waals surface area contributed by atoms with Crippen molar-refractivity contribution in [3.05, 3.63) is 28.8 Å². The van der Waals surface area contributed by atoms with E-state index >= 15 is 0 Å². The largest absolute Gasteiger partial charge is 0.487 e. The summed E-state index contributed by atoms with van der Waals surface area (Å²) in [6.07, 6.45) is 4.83. The van der Waals surface area contributed by atoms with Gasteiger partial charge in [0.15, 0.2) is 0 Å². The molecule has 0 radical (unpaired) electrons. The summed E-state index contributed by atoms with van der Waals surface area (Å²) in [6.45, 7) is 4.58. The lowest BCUT2D eigenvalue weighted by Crippen LogP contribution is -2.45. The topological polar surface area (TPSA) is 29.5 Å². The van der Waals surface area contributed by atoms with E-state index in [0.717, 1.165) is 24.2 Å². The zero-order chi connectivity index (χ0) is 14.3.